The quantitative estimate of drug-likeness (QED) is 0.788. The lowest BCUT2D eigenvalue weighted by molar-refractivity contribution is -0.138. The van der Waals surface area contributed by atoms with Crippen LogP contribution in [0.5, 0.6) is 0 Å². The molecule has 3 N–H and O–H groups in total. The molecule has 124 valence electrons. The molecule has 3 rings (SSSR count). The van der Waals surface area contributed by atoms with Gasteiger partial charge in [0.15, 0.2) is 0 Å². The number of rotatable bonds is 4. The van der Waals surface area contributed by atoms with Crippen molar-refractivity contribution in [3.05, 3.63) is 33.2 Å². The van der Waals surface area contributed by atoms with Crippen molar-refractivity contribution in [2.24, 2.45) is 0 Å². The summed E-state index contributed by atoms with van der Waals surface area (Å²) < 4.78 is 0. The van der Waals surface area contributed by atoms with Crippen molar-refractivity contribution in [3.8, 4) is 0 Å². The van der Waals surface area contributed by atoms with Gasteiger partial charge in [-0.3, -0.25) is 14.4 Å². The highest BCUT2D eigenvalue weighted by atomic mass is 16.4. The van der Waals surface area contributed by atoms with Crippen molar-refractivity contribution >= 4 is 11.9 Å². The van der Waals surface area contributed by atoms with Crippen LogP contribution in [-0.4, -0.2) is 27.5 Å². The van der Waals surface area contributed by atoms with E-state index in [1.807, 2.05) is 0 Å². The number of pyridine rings is 1. The topological polar surface area (TPSA) is 99.3 Å². The Morgan fingerprint density at radius 2 is 1.87 bits per heavy atom. The minimum absolute atomic E-state index is 0.0956. The molecule has 0 bridgehead atoms. The molecule has 1 amide bonds. The first-order valence-electron chi connectivity index (χ1n) is 8.28. The SMILES string of the molecule is O=C(O)CC1(NC(=O)c2cc3c([nH]c2=O)CCCC3)CCCC1. The summed E-state index contributed by atoms with van der Waals surface area (Å²) in [6.07, 6.45) is 6.81. The van der Waals surface area contributed by atoms with E-state index >= 15 is 0 Å². The highest BCUT2D eigenvalue weighted by molar-refractivity contribution is 5.95. The minimum atomic E-state index is -0.924. The first-order chi connectivity index (χ1) is 11.0. The number of H-pyrrole nitrogens is 1. The molecule has 1 aromatic heterocycles. The fourth-order valence-electron chi connectivity index (χ4n) is 3.84. The van der Waals surface area contributed by atoms with Gasteiger partial charge in [0, 0.05) is 5.69 Å². The number of aliphatic carboxylic acids is 1. The molecule has 0 spiro atoms. The van der Waals surface area contributed by atoms with Crippen LogP contribution in [0.3, 0.4) is 0 Å². The third-order valence-corrected chi connectivity index (χ3v) is 5.01. The molecule has 0 atom stereocenters. The number of carboxylic acid groups (broad SMARTS) is 1. The van der Waals surface area contributed by atoms with Crippen molar-refractivity contribution in [1.29, 1.82) is 0 Å². The summed E-state index contributed by atoms with van der Waals surface area (Å²) in [6.45, 7) is 0. The first kappa shape index (κ1) is 15.8. The van der Waals surface area contributed by atoms with Gasteiger partial charge in [-0.25, -0.2) is 0 Å². The first-order valence-corrected chi connectivity index (χ1v) is 8.28. The molecule has 1 fully saturated rings. The molecule has 23 heavy (non-hydrogen) atoms. The molecule has 6 heteroatoms. The lowest BCUT2D eigenvalue weighted by atomic mass is 9.92. The molecule has 0 saturated heterocycles. The zero-order chi connectivity index (χ0) is 16.4. The van der Waals surface area contributed by atoms with E-state index < -0.39 is 17.4 Å². The molecule has 1 heterocycles. The Morgan fingerprint density at radius 1 is 1.17 bits per heavy atom. The van der Waals surface area contributed by atoms with Gasteiger partial charge in [0.1, 0.15) is 5.56 Å². The lowest BCUT2D eigenvalue weighted by Gasteiger charge is -2.28. The van der Waals surface area contributed by atoms with Crippen molar-refractivity contribution < 1.29 is 14.7 Å². The van der Waals surface area contributed by atoms with Crippen molar-refractivity contribution in [2.45, 2.75) is 63.3 Å². The summed E-state index contributed by atoms with van der Waals surface area (Å²) in [5.41, 5.74) is 0.957. The fraction of sp³-hybridized carbons (Fsp3) is 0.588. The van der Waals surface area contributed by atoms with Crippen LogP contribution in [0.4, 0.5) is 0 Å². The summed E-state index contributed by atoms with van der Waals surface area (Å²) in [5, 5.41) is 12.0. The number of hydrogen-bond acceptors (Lipinski definition) is 3. The summed E-state index contributed by atoms with van der Waals surface area (Å²) in [6, 6.07) is 1.69. The molecular weight excluding hydrogens is 296 g/mol. The normalized spacial score (nSPS) is 19.1. The number of amides is 1. The standard InChI is InChI=1S/C17H22N2O4/c20-14(21)10-17(7-3-4-8-17)19-16(23)12-9-11-5-1-2-6-13(11)18-15(12)22/h9H,1-8,10H2,(H,18,22)(H,19,23)(H,20,21). The Balaban J connectivity index is 1.85. The van der Waals surface area contributed by atoms with Crippen LogP contribution >= 0.6 is 0 Å². The van der Waals surface area contributed by atoms with Gasteiger partial charge in [-0.15, -0.1) is 0 Å². The number of aromatic amines is 1. The van der Waals surface area contributed by atoms with Crippen LogP contribution in [0.25, 0.3) is 0 Å². The number of aromatic nitrogens is 1. The highest BCUT2D eigenvalue weighted by Gasteiger charge is 2.38. The maximum absolute atomic E-state index is 12.6. The van der Waals surface area contributed by atoms with E-state index in [1.54, 1.807) is 6.07 Å². The Morgan fingerprint density at radius 3 is 2.57 bits per heavy atom. The number of carbonyl (C=O) groups excluding carboxylic acids is 1. The van der Waals surface area contributed by atoms with Crippen LogP contribution in [0.2, 0.25) is 0 Å². The largest absolute Gasteiger partial charge is 0.481 e. The highest BCUT2D eigenvalue weighted by Crippen LogP contribution is 2.33. The zero-order valence-electron chi connectivity index (χ0n) is 13.1. The van der Waals surface area contributed by atoms with Crippen LogP contribution < -0.4 is 10.9 Å². The van der Waals surface area contributed by atoms with E-state index in [9.17, 15) is 14.4 Å². The van der Waals surface area contributed by atoms with E-state index in [2.05, 4.69) is 10.3 Å². The number of carbonyl (C=O) groups is 2. The number of nitrogens with one attached hydrogen (secondary N) is 2. The zero-order valence-corrected chi connectivity index (χ0v) is 13.1. The Kier molecular flexibility index (Phi) is 4.24. The molecule has 2 aliphatic rings. The molecule has 0 aromatic carbocycles. The maximum Gasteiger partial charge on any atom is 0.305 e. The smallest absolute Gasteiger partial charge is 0.305 e. The van der Waals surface area contributed by atoms with Gasteiger partial charge in [0.2, 0.25) is 0 Å². The van der Waals surface area contributed by atoms with Crippen LogP contribution in [0, 0.1) is 0 Å². The lowest BCUT2D eigenvalue weighted by Crippen LogP contribution is -2.49. The van der Waals surface area contributed by atoms with Gasteiger partial charge in [0.25, 0.3) is 11.5 Å². The van der Waals surface area contributed by atoms with E-state index in [0.717, 1.165) is 49.8 Å². The van der Waals surface area contributed by atoms with Crippen LogP contribution in [0.15, 0.2) is 10.9 Å². The molecule has 6 nitrogen and oxygen atoms in total. The van der Waals surface area contributed by atoms with Crippen molar-refractivity contribution in [3.63, 3.8) is 0 Å². The molecule has 1 saturated carbocycles. The summed E-state index contributed by atoms with van der Waals surface area (Å²) in [5.74, 6) is -1.38. The van der Waals surface area contributed by atoms with E-state index in [4.69, 9.17) is 5.11 Å². The maximum atomic E-state index is 12.6. The third kappa shape index (κ3) is 3.30. The predicted molar refractivity (Wildman–Crippen MR) is 84.6 cm³/mol. The summed E-state index contributed by atoms with van der Waals surface area (Å²) in [7, 11) is 0. The fourth-order valence-corrected chi connectivity index (χ4v) is 3.84. The third-order valence-electron chi connectivity index (χ3n) is 5.01. The number of carboxylic acids is 1. The van der Waals surface area contributed by atoms with Crippen molar-refractivity contribution in [1.82, 2.24) is 10.3 Å². The average molecular weight is 318 g/mol. The molecule has 2 aliphatic carbocycles. The minimum Gasteiger partial charge on any atom is -0.481 e. The van der Waals surface area contributed by atoms with Gasteiger partial charge >= 0.3 is 5.97 Å². The van der Waals surface area contributed by atoms with Gasteiger partial charge in [0.05, 0.1) is 12.0 Å². The molecule has 1 aromatic rings. The number of hydrogen-bond donors (Lipinski definition) is 3. The monoisotopic (exact) mass is 318 g/mol. The van der Waals surface area contributed by atoms with Gasteiger partial charge in [-0.2, -0.15) is 0 Å². The Hall–Kier alpha value is -2.11. The summed E-state index contributed by atoms with van der Waals surface area (Å²) >= 11 is 0. The predicted octanol–water partition coefficient (Wildman–Crippen LogP) is 1.77. The van der Waals surface area contributed by atoms with Gasteiger partial charge in [-0.1, -0.05) is 12.8 Å². The molecule has 0 radical (unpaired) electrons. The number of fused-ring (bicyclic) bond motifs is 1. The van der Waals surface area contributed by atoms with Crippen LogP contribution in [-0.2, 0) is 17.6 Å². The second kappa shape index (κ2) is 6.18. The second-order valence-electron chi connectivity index (χ2n) is 6.74. The average Bonchev–Trinajstić information content (AvgIpc) is 2.93. The number of aryl methyl sites for hydroxylation is 2. The molecule has 0 aliphatic heterocycles. The van der Waals surface area contributed by atoms with Crippen molar-refractivity contribution in [2.75, 3.05) is 0 Å². The van der Waals surface area contributed by atoms with Gasteiger partial charge in [-0.05, 0) is 50.2 Å². The second-order valence-corrected chi connectivity index (χ2v) is 6.74. The van der Waals surface area contributed by atoms with Crippen LogP contribution in [0.1, 0.15) is 66.6 Å². The van der Waals surface area contributed by atoms with Gasteiger partial charge < -0.3 is 15.4 Å². The summed E-state index contributed by atoms with van der Waals surface area (Å²) in [4.78, 5) is 38.7. The van der Waals surface area contributed by atoms with E-state index in [-0.39, 0.29) is 17.5 Å². The van der Waals surface area contributed by atoms with E-state index in [1.165, 1.54) is 0 Å². The molecular formula is C17H22N2O4. The van der Waals surface area contributed by atoms with E-state index in [0.29, 0.717) is 12.8 Å². The molecule has 0 unspecified atom stereocenters. The Labute approximate surface area is 134 Å². The Bertz CT molecular complexity index is 686.